The first kappa shape index (κ1) is 23.2. The molecule has 1 amide bonds. The average Bonchev–Trinajstić information content (AvgIpc) is 3.46. The second-order valence-corrected chi connectivity index (χ2v) is 9.47. The highest BCUT2D eigenvalue weighted by atomic mass is 32.1. The molecule has 1 fully saturated rings. The van der Waals surface area contributed by atoms with Crippen LogP contribution in [0, 0.1) is 0 Å². The van der Waals surface area contributed by atoms with Gasteiger partial charge in [-0.25, -0.2) is 4.98 Å². The zero-order chi connectivity index (χ0) is 24.4. The number of carbonyl (C=O) groups is 1. The van der Waals surface area contributed by atoms with Crippen LogP contribution in [0.1, 0.15) is 5.69 Å². The maximum Gasteiger partial charge on any atom is 0.230 e. The van der Waals surface area contributed by atoms with Gasteiger partial charge in [0.1, 0.15) is 11.5 Å². The number of nitrogens with one attached hydrogen (secondary N) is 1. The van der Waals surface area contributed by atoms with Gasteiger partial charge in [0.2, 0.25) is 5.91 Å². The van der Waals surface area contributed by atoms with Crippen molar-refractivity contribution in [3.8, 4) is 22.8 Å². The van der Waals surface area contributed by atoms with E-state index in [1.54, 1.807) is 14.2 Å². The third kappa shape index (κ3) is 4.96. The number of anilines is 2. The van der Waals surface area contributed by atoms with Crippen LogP contribution in [0.5, 0.6) is 11.5 Å². The summed E-state index contributed by atoms with van der Waals surface area (Å²) >= 11 is 1.51. The van der Waals surface area contributed by atoms with Gasteiger partial charge in [0.15, 0.2) is 4.96 Å². The zero-order valence-corrected chi connectivity index (χ0v) is 21.0. The Hall–Kier alpha value is -3.56. The first-order chi connectivity index (χ1) is 17.0. The average molecular weight is 492 g/mol. The number of aromatic nitrogens is 2. The monoisotopic (exact) mass is 491 g/mol. The number of hydrogen-bond donors (Lipinski definition) is 1. The second-order valence-electron chi connectivity index (χ2n) is 8.63. The minimum atomic E-state index is -0.0636. The van der Waals surface area contributed by atoms with Crippen LogP contribution in [-0.4, -0.2) is 67.6 Å². The highest BCUT2D eigenvalue weighted by molar-refractivity contribution is 7.15. The van der Waals surface area contributed by atoms with Crippen LogP contribution in [0.15, 0.2) is 54.0 Å². The minimum Gasteiger partial charge on any atom is -0.497 e. The van der Waals surface area contributed by atoms with Crippen molar-refractivity contribution >= 4 is 33.6 Å². The largest absolute Gasteiger partial charge is 0.497 e. The molecule has 9 heteroatoms. The summed E-state index contributed by atoms with van der Waals surface area (Å²) < 4.78 is 12.8. The molecule has 3 heterocycles. The van der Waals surface area contributed by atoms with E-state index in [2.05, 4.69) is 34.3 Å². The Balaban J connectivity index is 1.28. The SMILES string of the molecule is COc1ccc(OC)c(-c2cn3c(CC(=O)Nc4ccc(N5CCN(C)CC5)cc4)csc3n2)c1. The third-order valence-corrected chi connectivity index (χ3v) is 7.22. The van der Waals surface area contributed by atoms with Crippen LogP contribution in [0.3, 0.4) is 0 Å². The Kier molecular flexibility index (Phi) is 6.61. The van der Waals surface area contributed by atoms with Crippen LogP contribution in [0.4, 0.5) is 11.4 Å². The normalized spacial score (nSPS) is 14.3. The van der Waals surface area contributed by atoms with Gasteiger partial charge in [-0.15, -0.1) is 11.3 Å². The number of nitrogens with zero attached hydrogens (tertiary/aromatic N) is 4. The number of amides is 1. The number of hydrogen-bond acceptors (Lipinski definition) is 7. The Labute approximate surface area is 208 Å². The predicted octanol–water partition coefficient (Wildman–Crippen LogP) is 4.01. The van der Waals surface area contributed by atoms with E-state index in [9.17, 15) is 4.79 Å². The standard InChI is InChI=1S/C26H29N5O3S/c1-29-10-12-30(13-11-29)19-6-4-18(5-7-19)27-25(32)14-20-17-35-26-28-23(16-31(20)26)22-15-21(33-2)8-9-24(22)34-3/h4-9,15-17H,10-14H2,1-3H3,(H,27,32). The lowest BCUT2D eigenvalue weighted by Gasteiger charge is -2.34. The number of imidazole rings is 1. The number of rotatable bonds is 7. The van der Waals surface area contributed by atoms with E-state index in [0.717, 1.165) is 65.3 Å². The minimum absolute atomic E-state index is 0.0636. The summed E-state index contributed by atoms with van der Waals surface area (Å²) in [6.45, 7) is 4.16. The lowest BCUT2D eigenvalue weighted by Crippen LogP contribution is -2.44. The zero-order valence-electron chi connectivity index (χ0n) is 20.2. The fourth-order valence-electron chi connectivity index (χ4n) is 4.29. The molecule has 35 heavy (non-hydrogen) atoms. The molecule has 2 aromatic carbocycles. The third-order valence-electron chi connectivity index (χ3n) is 6.33. The van der Waals surface area contributed by atoms with Crippen molar-refractivity contribution in [2.24, 2.45) is 0 Å². The molecule has 0 saturated carbocycles. The summed E-state index contributed by atoms with van der Waals surface area (Å²) in [5.41, 5.74) is 4.49. The molecule has 0 unspecified atom stereocenters. The molecular weight excluding hydrogens is 462 g/mol. The Morgan fingerprint density at radius 3 is 2.54 bits per heavy atom. The molecule has 0 bridgehead atoms. The Morgan fingerprint density at radius 1 is 1.06 bits per heavy atom. The van der Waals surface area contributed by atoms with Crippen molar-refractivity contribution in [3.05, 3.63) is 59.7 Å². The number of benzene rings is 2. The molecule has 8 nitrogen and oxygen atoms in total. The number of piperazine rings is 1. The number of fused-ring (bicyclic) bond motifs is 1. The Morgan fingerprint density at radius 2 is 1.83 bits per heavy atom. The van der Waals surface area contributed by atoms with E-state index >= 15 is 0 Å². The Bertz CT molecular complexity index is 1320. The summed E-state index contributed by atoms with van der Waals surface area (Å²) in [6.07, 6.45) is 2.20. The molecule has 0 spiro atoms. The van der Waals surface area contributed by atoms with Crippen molar-refractivity contribution in [3.63, 3.8) is 0 Å². The van der Waals surface area contributed by atoms with Crippen LogP contribution in [0.2, 0.25) is 0 Å². The maximum absolute atomic E-state index is 12.8. The van der Waals surface area contributed by atoms with Crippen molar-refractivity contribution in [2.75, 3.05) is 57.7 Å². The van der Waals surface area contributed by atoms with E-state index in [-0.39, 0.29) is 12.3 Å². The smallest absolute Gasteiger partial charge is 0.230 e. The summed E-state index contributed by atoms with van der Waals surface area (Å²) in [5, 5.41) is 5.00. The van der Waals surface area contributed by atoms with Gasteiger partial charge in [0, 0.05) is 60.4 Å². The number of ether oxygens (including phenoxy) is 2. The second kappa shape index (κ2) is 9.97. The van der Waals surface area contributed by atoms with Gasteiger partial charge in [-0.2, -0.15) is 0 Å². The first-order valence-electron chi connectivity index (χ1n) is 11.6. The molecule has 2 aromatic heterocycles. The van der Waals surface area contributed by atoms with Crippen LogP contribution < -0.4 is 19.7 Å². The van der Waals surface area contributed by atoms with E-state index in [4.69, 9.17) is 14.5 Å². The predicted molar refractivity (Wildman–Crippen MR) is 140 cm³/mol. The van der Waals surface area contributed by atoms with Crippen molar-refractivity contribution in [2.45, 2.75) is 6.42 Å². The van der Waals surface area contributed by atoms with Gasteiger partial charge >= 0.3 is 0 Å². The molecule has 1 N–H and O–H groups in total. The molecule has 4 aromatic rings. The lowest BCUT2D eigenvalue weighted by molar-refractivity contribution is -0.115. The molecule has 1 aliphatic rings. The lowest BCUT2D eigenvalue weighted by atomic mass is 10.1. The number of likely N-dealkylation sites (N-methyl/N-ethyl adjacent to an activating group) is 1. The fourth-order valence-corrected chi connectivity index (χ4v) is 5.16. The fraction of sp³-hybridized carbons (Fsp3) is 0.308. The van der Waals surface area contributed by atoms with Crippen LogP contribution in [-0.2, 0) is 11.2 Å². The summed E-state index contributed by atoms with van der Waals surface area (Å²) in [6, 6.07) is 13.7. The van der Waals surface area contributed by atoms with E-state index in [1.165, 1.54) is 17.0 Å². The van der Waals surface area contributed by atoms with E-state index in [1.807, 2.05) is 46.3 Å². The first-order valence-corrected chi connectivity index (χ1v) is 12.4. The molecule has 0 radical (unpaired) electrons. The van der Waals surface area contributed by atoms with Crippen molar-refractivity contribution in [1.82, 2.24) is 14.3 Å². The number of methoxy groups -OCH3 is 2. The van der Waals surface area contributed by atoms with E-state index in [0.29, 0.717) is 0 Å². The molecule has 1 saturated heterocycles. The molecule has 0 atom stereocenters. The summed E-state index contributed by atoms with van der Waals surface area (Å²) in [5.74, 6) is 1.39. The molecule has 182 valence electrons. The summed E-state index contributed by atoms with van der Waals surface area (Å²) in [4.78, 5) is 23.1. The van der Waals surface area contributed by atoms with Gasteiger partial charge in [0.25, 0.3) is 0 Å². The van der Waals surface area contributed by atoms with Crippen LogP contribution in [0.25, 0.3) is 16.2 Å². The summed E-state index contributed by atoms with van der Waals surface area (Å²) in [7, 11) is 5.42. The molecule has 5 rings (SSSR count). The molecule has 1 aliphatic heterocycles. The van der Waals surface area contributed by atoms with Crippen LogP contribution >= 0.6 is 11.3 Å². The van der Waals surface area contributed by atoms with Gasteiger partial charge < -0.3 is 24.6 Å². The van der Waals surface area contributed by atoms with E-state index < -0.39 is 0 Å². The highest BCUT2D eigenvalue weighted by Crippen LogP contribution is 2.34. The number of thiazole rings is 1. The van der Waals surface area contributed by atoms with Gasteiger partial charge in [-0.05, 0) is 49.5 Å². The van der Waals surface area contributed by atoms with Gasteiger partial charge in [0.05, 0.1) is 26.3 Å². The maximum atomic E-state index is 12.8. The van der Waals surface area contributed by atoms with Crippen molar-refractivity contribution in [1.29, 1.82) is 0 Å². The van der Waals surface area contributed by atoms with Gasteiger partial charge in [-0.3, -0.25) is 9.20 Å². The van der Waals surface area contributed by atoms with Crippen molar-refractivity contribution < 1.29 is 14.3 Å². The molecular formula is C26H29N5O3S. The highest BCUT2D eigenvalue weighted by Gasteiger charge is 2.17. The quantitative estimate of drug-likeness (QED) is 0.421. The van der Waals surface area contributed by atoms with Gasteiger partial charge in [-0.1, -0.05) is 0 Å². The number of carbonyl (C=O) groups excluding carboxylic acids is 1. The topological polar surface area (TPSA) is 71.3 Å². The molecule has 0 aliphatic carbocycles.